The van der Waals surface area contributed by atoms with Gasteiger partial charge in [-0.1, -0.05) is 50.9 Å². The maximum Gasteiger partial charge on any atom is 0.335 e. The van der Waals surface area contributed by atoms with E-state index in [2.05, 4.69) is 17.2 Å². The van der Waals surface area contributed by atoms with Crippen LogP contribution in [0.15, 0.2) is 24.3 Å². The Morgan fingerprint density at radius 3 is 2.55 bits per heavy atom. The highest BCUT2D eigenvalue weighted by molar-refractivity contribution is 6.30. The minimum Gasteiger partial charge on any atom is -0.478 e. The van der Waals surface area contributed by atoms with Crippen molar-refractivity contribution in [3.63, 3.8) is 0 Å². The van der Waals surface area contributed by atoms with Crippen LogP contribution in [0.4, 0.5) is 0 Å². The molecule has 180 valence electrons. The van der Waals surface area contributed by atoms with E-state index < -0.39 is 23.7 Å². The Balaban J connectivity index is 2.31. The van der Waals surface area contributed by atoms with Crippen LogP contribution in [0.1, 0.15) is 67.5 Å². The van der Waals surface area contributed by atoms with Gasteiger partial charge in [0.1, 0.15) is 11.7 Å². The van der Waals surface area contributed by atoms with Crippen LogP contribution in [-0.4, -0.2) is 37.6 Å². The minimum absolute atomic E-state index is 0.0305. The average molecular weight is 479 g/mol. The van der Waals surface area contributed by atoms with Gasteiger partial charge in [0.25, 0.3) is 5.91 Å². The third-order valence-electron chi connectivity index (χ3n) is 5.25. The molecule has 0 aliphatic rings. The molecule has 0 saturated carbocycles. The quantitative estimate of drug-likeness (QED) is 0.210. The van der Waals surface area contributed by atoms with Crippen molar-refractivity contribution in [2.24, 2.45) is 11.8 Å². The molecule has 1 unspecified atom stereocenters. The third-order valence-corrected chi connectivity index (χ3v) is 5.55. The molecule has 0 radical (unpaired) electrons. The van der Waals surface area contributed by atoms with E-state index in [9.17, 15) is 19.5 Å². The first-order chi connectivity index (χ1) is 15.7. The SMILES string of the molecule is CCCCc1nc(Cl)c(CNC(=O)C(CC(C)C)C(=O)NO)n1Cc1cccc(C(=O)O)c1. The smallest absolute Gasteiger partial charge is 0.335 e. The van der Waals surface area contributed by atoms with Gasteiger partial charge in [-0.2, -0.15) is 0 Å². The van der Waals surface area contributed by atoms with Gasteiger partial charge in [-0.15, -0.1) is 0 Å². The number of halogens is 1. The molecule has 0 spiro atoms. The number of hydrogen-bond donors (Lipinski definition) is 4. The Morgan fingerprint density at radius 2 is 1.94 bits per heavy atom. The zero-order chi connectivity index (χ0) is 24.5. The molecular weight excluding hydrogens is 448 g/mol. The Kier molecular flexibility index (Phi) is 9.87. The number of amides is 2. The molecule has 0 saturated heterocycles. The summed E-state index contributed by atoms with van der Waals surface area (Å²) in [5.41, 5.74) is 3.05. The number of nitrogens with zero attached hydrogens (tertiary/aromatic N) is 2. The zero-order valence-corrected chi connectivity index (χ0v) is 19.9. The summed E-state index contributed by atoms with van der Waals surface area (Å²) in [7, 11) is 0. The van der Waals surface area contributed by atoms with Crippen LogP contribution in [-0.2, 0) is 29.1 Å². The van der Waals surface area contributed by atoms with Crippen molar-refractivity contribution in [2.75, 3.05) is 0 Å². The van der Waals surface area contributed by atoms with Gasteiger partial charge in [-0.05, 0) is 36.5 Å². The van der Waals surface area contributed by atoms with E-state index in [4.69, 9.17) is 16.8 Å². The highest BCUT2D eigenvalue weighted by Crippen LogP contribution is 2.22. The summed E-state index contributed by atoms with van der Waals surface area (Å²) >= 11 is 6.42. The van der Waals surface area contributed by atoms with E-state index in [1.165, 1.54) is 6.07 Å². The number of hydroxylamine groups is 1. The molecular formula is C23H31ClN4O5. The van der Waals surface area contributed by atoms with Crippen LogP contribution in [0.5, 0.6) is 0 Å². The Hall–Kier alpha value is -2.91. The maximum absolute atomic E-state index is 12.7. The molecule has 9 nitrogen and oxygen atoms in total. The second-order valence-electron chi connectivity index (χ2n) is 8.34. The Morgan fingerprint density at radius 1 is 1.21 bits per heavy atom. The number of benzene rings is 1. The predicted octanol–water partition coefficient (Wildman–Crippen LogP) is 3.41. The Bertz CT molecular complexity index is 989. The van der Waals surface area contributed by atoms with Crippen LogP contribution in [0.25, 0.3) is 0 Å². The van der Waals surface area contributed by atoms with E-state index in [1.807, 2.05) is 24.5 Å². The molecule has 2 rings (SSSR count). The van der Waals surface area contributed by atoms with Gasteiger partial charge < -0.3 is 15.0 Å². The van der Waals surface area contributed by atoms with Crippen LogP contribution < -0.4 is 10.8 Å². The summed E-state index contributed by atoms with van der Waals surface area (Å²) in [6.07, 6.45) is 2.79. The van der Waals surface area contributed by atoms with Gasteiger partial charge >= 0.3 is 5.97 Å². The normalized spacial score (nSPS) is 11.9. The maximum atomic E-state index is 12.7. The van der Waals surface area contributed by atoms with Gasteiger partial charge in [0.05, 0.1) is 17.8 Å². The molecule has 1 aromatic carbocycles. The summed E-state index contributed by atoms with van der Waals surface area (Å²) in [6.45, 7) is 6.18. The van der Waals surface area contributed by atoms with Crippen molar-refractivity contribution >= 4 is 29.4 Å². The predicted molar refractivity (Wildman–Crippen MR) is 123 cm³/mol. The van der Waals surface area contributed by atoms with E-state index >= 15 is 0 Å². The highest BCUT2D eigenvalue weighted by atomic mass is 35.5. The minimum atomic E-state index is -1.04. The van der Waals surface area contributed by atoms with Crippen molar-refractivity contribution in [3.05, 3.63) is 52.1 Å². The first kappa shape index (κ1) is 26.3. The number of carboxylic acids is 1. The number of nitrogens with one attached hydrogen (secondary N) is 2. The standard InChI is InChI=1S/C23H31ClN4O5/c1-4-5-9-19-26-20(24)18(12-25-21(29)17(10-14(2)3)22(30)27-33)28(19)13-15-7-6-8-16(11-15)23(31)32/h6-8,11,14,17,33H,4-5,9-10,12-13H2,1-3H3,(H,25,29)(H,27,30)(H,31,32). The number of carboxylic acid groups (broad SMARTS) is 1. The number of aryl methyl sites for hydroxylation is 1. The lowest BCUT2D eigenvalue weighted by molar-refractivity contribution is -0.141. The second kappa shape index (κ2) is 12.4. The van der Waals surface area contributed by atoms with Crippen molar-refractivity contribution in [1.29, 1.82) is 0 Å². The molecule has 0 fully saturated rings. The lowest BCUT2D eigenvalue weighted by Crippen LogP contribution is -2.41. The summed E-state index contributed by atoms with van der Waals surface area (Å²) in [6, 6.07) is 6.60. The number of rotatable bonds is 12. The first-order valence-corrected chi connectivity index (χ1v) is 11.3. The van der Waals surface area contributed by atoms with Gasteiger partial charge in [-0.3, -0.25) is 14.8 Å². The number of aromatic carboxylic acids is 1. The van der Waals surface area contributed by atoms with Crippen molar-refractivity contribution in [1.82, 2.24) is 20.3 Å². The van der Waals surface area contributed by atoms with Crippen molar-refractivity contribution < 1.29 is 24.7 Å². The molecule has 10 heteroatoms. The van der Waals surface area contributed by atoms with E-state index in [0.717, 1.165) is 24.2 Å². The lowest BCUT2D eigenvalue weighted by atomic mass is 9.95. The molecule has 2 amide bonds. The number of imidazole rings is 1. The molecule has 0 aliphatic carbocycles. The largest absolute Gasteiger partial charge is 0.478 e. The number of aromatic nitrogens is 2. The molecule has 2 aromatic rings. The van der Waals surface area contributed by atoms with Crippen molar-refractivity contribution in [3.8, 4) is 0 Å². The average Bonchev–Trinajstić information content (AvgIpc) is 3.07. The molecule has 0 bridgehead atoms. The fourth-order valence-electron chi connectivity index (χ4n) is 3.55. The van der Waals surface area contributed by atoms with Gasteiger partial charge in [0.2, 0.25) is 5.91 Å². The van der Waals surface area contributed by atoms with Crippen molar-refractivity contribution in [2.45, 2.75) is 59.5 Å². The molecule has 0 aliphatic heterocycles. The van der Waals surface area contributed by atoms with Crippen LogP contribution in [0, 0.1) is 11.8 Å². The molecule has 1 heterocycles. The Labute approximate surface area is 198 Å². The summed E-state index contributed by atoms with van der Waals surface area (Å²) in [4.78, 5) is 40.5. The van der Waals surface area contributed by atoms with Gasteiger partial charge in [0, 0.05) is 13.0 Å². The van der Waals surface area contributed by atoms with E-state index in [1.54, 1.807) is 17.6 Å². The highest BCUT2D eigenvalue weighted by Gasteiger charge is 2.28. The van der Waals surface area contributed by atoms with E-state index in [0.29, 0.717) is 18.7 Å². The lowest BCUT2D eigenvalue weighted by Gasteiger charge is -2.18. The van der Waals surface area contributed by atoms with Gasteiger partial charge in [-0.25, -0.2) is 15.3 Å². The molecule has 4 N–H and O–H groups in total. The molecule has 1 aromatic heterocycles. The number of carbonyl (C=O) groups is 3. The number of hydrogen-bond acceptors (Lipinski definition) is 5. The first-order valence-electron chi connectivity index (χ1n) is 11.0. The van der Waals surface area contributed by atoms with Crippen LogP contribution in [0.2, 0.25) is 5.15 Å². The molecule has 33 heavy (non-hydrogen) atoms. The molecule has 1 atom stereocenters. The topological polar surface area (TPSA) is 134 Å². The van der Waals surface area contributed by atoms with E-state index in [-0.39, 0.29) is 29.6 Å². The third kappa shape index (κ3) is 7.30. The summed E-state index contributed by atoms with van der Waals surface area (Å²) in [5, 5.41) is 21.3. The van der Waals surface area contributed by atoms with Crippen LogP contribution in [0.3, 0.4) is 0 Å². The number of unbranched alkanes of at least 4 members (excludes halogenated alkanes) is 1. The van der Waals surface area contributed by atoms with Crippen LogP contribution >= 0.6 is 11.6 Å². The second-order valence-corrected chi connectivity index (χ2v) is 8.69. The fourth-order valence-corrected chi connectivity index (χ4v) is 3.81. The summed E-state index contributed by atoms with van der Waals surface area (Å²) in [5.74, 6) is -2.56. The number of carbonyl (C=O) groups excluding carboxylic acids is 2. The fraction of sp³-hybridized carbons (Fsp3) is 0.478. The zero-order valence-electron chi connectivity index (χ0n) is 19.1. The summed E-state index contributed by atoms with van der Waals surface area (Å²) < 4.78 is 1.88. The van der Waals surface area contributed by atoms with Gasteiger partial charge in [0.15, 0.2) is 5.15 Å². The monoisotopic (exact) mass is 478 g/mol.